The smallest absolute Gasteiger partial charge is 0.225 e. The summed E-state index contributed by atoms with van der Waals surface area (Å²) in [5.74, 6) is -0.0535. The quantitative estimate of drug-likeness (QED) is 0.911. The lowest BCUT2D eigenvalue weighted by atomic mass is 9.97. The summed E-state index contributed by atoms with van der Waals surface area (Å²) in [5, 5.41) is 3.58. The van der Waals surface area contributed by atoms with Gasteiger partial charge in [-0.3, -0.25) is 9.59 Å². The summed E-state index contributed by atoms with van der Waals surface area (Å²) >= 11 is 5.94. The van der Waals surface area contributed by atoms with Gasteiger partial charge in [-0.15, -0.1) is 0 Å². The van der Waals surface area contributed by atoms with Gasteiger partial charge in [-0.1, -0.05) is 29.8 Å². The average molecular weight is 343 g/mol. The Hall–Kier alpha value is -2.33. The molecule has 0 fully saturated rings. The number of rotatable bonds is 3. The lowest BCUT2D eigenvalue weighted by Gasteiger charge is -2.15. The first-order chi connectivity index (χ1) is 11.5. The summed E-state index contributed by atoms with van der Waals surface area (Å²) < 4.78 is 0. The predicted molar refractivity (Wildman–Crippen MR) is 96.6 cm³/mol. The molecule has 0 radical (unpaired) electrons. The summed E-state index contributed by atoms with van der Waals surface area (Å²) in [4.78, 5) is 26.0. The van der Waals surface area contributed by atoms with Crippen molar-refractivity contribution in [3.8, 4) is 0 Å². The third-order valence-corrected chi connectivity index (χ3v) is 4.58. The highest BCUT2D eigenvalue weighted by molar-refractivity contribution is 6.30. The van der Waals surface area contributed by atoms with Crippen molar-refractivity contribution in [2.45, 2.75) is 26.2 Å². The first-order valence-electron chi connectivity index (χ1n) is 7.88. The van der Waals surface area contributed by atoms with Gasteiger partial charge in [0.2, 0.25) is 11.8 Å². The van der Waals surface area contributed by atoms with Crippen LogP contribution < -0.4 is 10.2 Å². The molecule has 0 bridgehead atoms. The van der Waals surface area contributed by atoms with Gasteiger partial charge in [0.05, 0.1) is 0 Å². The second kappa shape index (κ2) is 6.65. The number of hydrogen-bond donors (Lipinski definition) is 1. The maximum atomic E-state index is 12.4. The maximum Gasteiger partial charge on any atom is 0.225 e. The molecule has 2 aromatic carbocycles. The largest absolute Gasteiger partial charge is 0.326 e. The average Bonchev–Trinajstić information content (AvgIpc) is 2.89. The fourth-order valence-corrected chi connectivity index (χ4v) is 3.39. The van der Waals surface area contributed by atoms with Crippen LogP contribution in [0.2, 0.25) is 5.02 Å². The summed E-state index contributed by atoms with van der Waals surface area (Å²) in [7, 11) is 0. The number of nitrogens with zero attached hydrogens (tertiary/aromatic N) is 1. The number of amides is 2. The van der Waals surface area contributed by atoms with Crippen LogP contribution >= 0.6 is 11.6 Å². The summed E-state index contributed by atoms with van der Waals surface area (Å²) in [5.41, 5.74) is 3.65. The zero-order valence-corrected chi connectivity index (χ0v) is 14.4. The van der Waals surface area contributed by atoms with Crippen LogP contribution in [-0.2, 0) is 9.59 Å². The van der Waals surface area contributed by atoms with Gasteiger partial charge in [0.15, 0.2) is 0 Å². The predicted octanol–water partition coefficient (Wildman–Crippen LogP) is 4.13. The molecule has 1 N–H and O–H groups in total. The first-order valence-corrected chi connectivity index (χ1v) is 8.26. The normalized spacial score (nSPS) is 16.0. The zero-order valence-electron chi connectivity index (χ0n) is 13.7. The zero-order chi connectivity index (χ0) is 17.3. The van der Waals surface area contributed by atoms with E-state index >= 15 is 0 Å². The minimum absolute atomic E-state index is 0.00101. The number of aryl methyl sites for hydroxylation is 1. The van der Waals surface area contributed by atoms with Crippen molar-refractivity contribution >= 4 is 34.8 Å². The second-order valence-corrected chi connectivity index (χ2v) is 6.53. The van der Waals surface area contributed by atoms with Gasteiger partial charge in [0.1, 0.15) is 0 Å². The van der Waals surface area contributed by atoms with Crippen LogP contribution in [-0.4, -0.2) is 18.4 Å². The number of fused-ring (bicyclic) bond motifs is 1. The highest BCUT2D eigenvalue weighted by atomic mass is 35.5. The van der Waals surface area contributed by atoms with Crippen molar-refractivity contribution in [1.29, 1.82) is 0 Å². The Morgan fingerprint density at radius 3 is 2.71 bits per heavy atom. The second-order valence-electron chi connectivity index (χ2n) is 6.10. The number of benzene rings is 2. The molecule has 0 spiro atoms. The Labute approximate surface area is 146 Å². The van der Waals surface area contributed by atoms with Gasteiger partial charge < -0.3 is 10.2 Å². The fourth-order valence-electron chi connectivity index (χ4n) is 3.16. The van der Waals surface area contributed by atoms with Crippen molar-refractivity contribution in [3.05, 3.63) is 58.6 Å². The molecule has 124 valence electrons. The van der Waals surface area contributed by atoms with Crippen LogP contribution in [0.25, 0.3) is 0 Å². The van der Waals surface area contributed by atoms with E-state index in [1.807, 2.05) is 37.3 Å². The van der Waals surface area contributed by atoms with E-state index in [0.717, 1.165) is 22.5 Å². The Morgan fingerprint density at radius 1 is 1.25 bits per heavy atom. The van der Waals surface area contributed by atoms with E-state index < -0.39 is 0 Å². The molecule has 2 amide bonds. The fraction of sp³-hybridized carbons (Fsp3) is 0.263. The minimum atomic E-state index is -0.0642. The molecule has 5 heteroatoms. The van der Waals surface area contributed by atoms with Crippen molar-refractivity contribution in [2.24, 2.45) is 0 Å². The van der Waals surface area contributed by atoms with Gasteiger partial charge >= 0.3 is 0 Å². The van der Waals surface area contributed by atoms with Crippen LogP contribution in [0.3, 0.4) is 0 Å². The third kappa shape index (κ3) is 3.29. The van der Waals surface area contributed by atoms with Crippen molar-refractivity contribution in [2.75, 3.05) is 16.8 Å². The van der Waals surface area contributed by atoms with E-state index in [1.54, 1.807) is 24.0 Å². The number of nitrogens with one attached hydrogen (secondary N) is 1. The Kier molecular flexibility index (Phi) is 4.58. The molecule has 1 heterocycles. The van der Waals surface area contributed by atoms with E-state index in [0.29, 0.717) is 18.0 Å². The topological polar surface area (TPSA) is 49.4 Å². The Balaban J connectivity index is 1.74. The highest BCUT2D eigenvalue weighted by Gasteiger charge is 2.31. The molecule has 3 rings (SSSR count). The van der Waals surface area contributed by atoms with Gasteiger partial charge in [0.25, 0.3) is 0 Å². The molecule has 1 aliphatic heterocycles. The van der Waals surface area contributed by atoms with E-state index in [2.05, 4.69) is 5.32 Å². The molecule has 24 heavy (non-hydrogen) atoms. The molecular weight excluding hydrogens is 324 g/mol. The van der Waals surface area contributed by atoms with Crippen LogP contribution in [0.1, 0.15) is 30.4 Å². The number of anilines is 2. The van der Waals surface area contributed by atoms with Gasteiger partial charge in [-0.25, -0.2) is 0 Å². The lowest BCUT2D eigenvalue weighted by molar-refractivity contribution is -0.118. The molecule has 4 nitrogen and oxygen atoms in total. The molecule has 0 aromatic heterocycles. The van der Waals surface area contributed by atoms with Crippen molar-refractivity contribution in [3.63, 3.8) is 0 Å². The first kappa shape index (κ1) is 16.5. The van der Waals surface area contributed by atoms with Gasteiger partial charge in [-0.05, 0) is 42.3 Å². The standard InChI is InChI=1S/C19H19ClN2O2/c1-12-9-15(20)7-8-17(12)21-19(24)10-14-11-22(13(2)23)18-6-4-3-5-16(14)18/h3-9,14H,10-11H2,1-2H3,(H,21,24). The molecular formula is C19H19ClN2O2. The van der Waals surface area contributed by atoms with E-state index in [-0.39, 0.29) is 17.7 Å². The summed E-state index contributed by atoms with van der Waals surface area (Å²) in [6.07, 6.45) is 0.336. The molecule has 1 atom stereocenters. The summed E-state index contributed by atoms with van der Waals surface area (Å²) in [6.45, 7) is 4.00. The SMILES string of the molecule is CC(=O)N1CC(CC(=O)Nc2ccc(Cl)cc2C)c2ccccc21. The third-order valence-electron chi connectivity index (χ3n) is 4.34. The molecule has 0 saturated heterocycles. The van der Waals surface area contributed by atoms with E-state index in [4.69, 9.17) is 11.6 Å². The van der Waals surface area contributed by atoms with Crippen molar-refractivity contribution in [1.82, 2.24) is 0 Å². The van der Waals surface area contributed by atoms with Crippen molar-refractivity contribution < 1.29 is 9.59 Å². The van der Waals surface area contributed by atoms with Crippen LogP contribution in [0, 0.1) is 6.92 Å². The number of halogens is 1. The number of para-hydroxylation sites is 1. The van der Waals surface area contributed by atoms with E-state index in [1.165, 1.54) is 0 Å². The Morgan fingerprint density at radius 2 is 2.00 bits per heavy atom. The minimum Gasteiger partial charge on any atom is -0.326 e. The van der Waals surface area contributed by atoms with E-state index in [9.17, 15) is 9.59 Å². The number of hydrogen-bond acceptors (Lipinski definition) is 2. The number of carbonyl (C=O) groups excluding carboxylic acids is 2. The monoisotopic (exact) mass is 342 g/mol. The highest BCUT2D eigenvalue weighted by Crippen LogP contribution is 2.38. The maximum absolute atomic E-state index is 12.4. The number of carbonyl (C=O) groups is 2. The van der Waals surface area contributed by atoms with Gasteiger partial charge in [0, 0.05) is 42.2 Å². The molecule has 2 aromatic rings. The molecule has 0 saturated carbocycles. The van der Waals surface area contributed by atoms with Gasteiger partial charge in [-0.2, -0.15) is 0 Å². The Bertz CT molecular complexity index is 804. The summed E-state index contributed by atoms with van der Waals surface area (Å²) in [6, 6.07) is 13.2. The van der Waals surface area contributed by atoms with Crippen LogP contribution in [0.15, 0.2) is 42.5 Å². The van der Waals surface area contributed by atoms with Crippen LogP contribution in [0.5, 0.6) is 0 Å². The lowest BCUT2D eigenvalue weighted by Crippen LogP contribution is -2.28. The molecule has 0 aliphatic carbocycles. The van der Waals surface area contributed by atoms with Crippen LogP contribution in [0.4, 0.5) is 11.4 Å². The molecule has 1 unspecified atom stereocenters. The molecule has 1 aliphatic rings.